The number of nitrogens with one attached hydrogen (secondary N) is 1. The molecule has 1 aliphatic heterocycles. The van der Waals surface area contributed by atoms with E-state index in [0.29, 0.717) is 12.4 Å². The fourth-order valence-electron chi connectivity index (χ4n) is 2.78. The molecule has 0 saturated carbocycles. The highest BCUT2D eigenvalue weighted by atomic mass is 32.2. The molecule has 0 radical (unpaired) electrons. The third-order valence-electron chi connectivity index (χ3n) is 4.18. The first-order valence-electron chi connectivity index (χ1n) is 7.95. The minimum atomic E-state index is -3.63. The maximum absolute atomic E-state index is 12.6. The number of methoxy groups -OCH3 is 2. The highest BCUT2D eigenvalue weighted by Gasteiger charge is 2.21. The second-order valence-corrected chi connectivity index (χ2v) is 7.49. The highest BCUT2D eigenvalue weighted by Crippen LogP contribution is 2.28. The molecule has 1 heterocycles. The lowest BCUT2D eigenvalue weighted by molar-refractivity contribution is 0.107. The first-order valence-corrected chi connectivity index (χ1v) is 9.44. The van der Waals surface area contributed by atoms with Crippen molar-refractivity contribution in [3.63, 3.8) is 0 Å². The molecule has 6 nitrogen and oxygen atoms in total. The van der Waals surface area contributed by atoms with Crippen LogP contribution < -0.4 is 14.2 Å². The second kappa shape index (κ2) is 7.43. The third kappa shape index (κ3) is 3.95. The van der Waals surface area contributed by atoms with Gasteiger partial charge in [0.25, 0.3) is 0 Å². The van der Waals surface area contributed by atoms with E-state index in [1.165, 1.54) is 0 Å². The van der Waals surface area contributed by atoms with Crippen molar-refractivity contribution in [3.8, 4) is 11.5 Å². The van der Waals surface area contributed by atoms with Gasteiger partial charge in [0.1, 0.15) is 11.5 Å². The largest absolute Gasteiger partial charge is 0.497 e. The molecule has 0 spiro atoms. The van der Waals surface area contributed by atoms with E-state index < -0.39 is 16.1 Å². The molecule has 0 bridgehead atoms. The zero-order valence-corrected chi connectivity index (χ0v) is 15.0. The molecule has 1 N–H and O–H groups in total. The Morgan fingerprint density at radius 3 is 2.80 bits per heavy atom. The van der Waals surface area contributed by atoms with Gasteiger partial charge in [-0.25, -0.2) is 13.1 Å². The molecule has 0 aromatic heterocycles. The average Bonchev–Trinajstić information content (AvgIpc) is 3.10. The maximum atomic E-state index is 12.6. The van der Waals surface area contributed by atoms with Crippen molar-refractivity contribution in [1.82, 2.24) is 4.72 Å². The highest BCUT2D eigenvalue weighted by molar-refractivity contribution is 7.89. The van der Waals surface area contributed by atoms with Crippen LogP contribution in [0.25, 0.3) is 0 Å². The van der Waals surface area contributed by atoms with Crippen molar-refractivity contribution in [2.24, 2.45) is 0 Å². The maximum Gasteiger partial charge on any atom is 0.240 e. The van der Waals surface area contributed by atoms with E-state index in [0.717, 1.165) is 23.3 Å². The fourth-order valence-corrected chi connectivity index (χ4v) is 3.86. The summed E-state index contributed by atoms with van der Waals surface area (Å²) >= 11 is 0. The Kier molecular flexibility index (Phi) is 5.27. The van der Waals surface area contributed by atoms with Crippen LogP contribution in [0.4, 0.5) is 0 Å². The number of hydrogen-bond donors (Lipinski definition) is 1. The number of rotatable bonds is 7. The van der Waals surface area contributed by atoms with Crippen LogP contribution in [0.15, 0.2) is 47.4 Å². The first kappa shape index (κ1) is 17.7. The summed E-state index contributed by atoms with van der Waals surface area (Å²) in [5.74, 6) is 1.45. The van der Waals surface area contributed by atoms with Gasteiger partial charge in [0.2, 0.25) is 10.0 Å². The van der Waals surface area contributed by atoms with Crippen molar-refractivity contribution >= 4 is 10.0 Å². The Balaban J connectivity index is 1.74. The molecule has 0 saturated heterocycles. The van der Waals surface area contributed by atoms with Crippen LogP contribution in [-0.2, 0) is 21.2 Å². The van der Waals surface area contributed by atoms with Crippen molar-refractivity contribution in [2.45, 2.75) is 17.4 Å². The van der Waals surface area contributed by atoms with Gasteiger partial charge in [-0.3, -0.25) is 0 Å². The second-order valence-electron chi connectivity index (χ2n) is 5.72. The molecule has 1 unspecified atom stereocenters. The van der Waals surface area contributed by atoms with Gasteiger partial charge in [-0.1, -0.05) is 12.1 Å². The molecule has 1 aliphatic rings. The van der Waals surface area contributed by atoms with Gasteiger partial charge in [-0.05, 0) is 41.5 Å². The van der Waals surface area contributed by atoms with Gasteiger partial charge in [-0.15, -0.1) is 0 Å². The van der Waals surface area contributed by atoms with E-state index in [1.54, 1.807) is 32.4 Å². The number of ether oxygens (including phenoxy) is 3. The summed E-state index contributed by atoms with van der Waals surface area (Å²) in [7, 11) is -0.496. The smallest absolute Gasteiger partial charge is 0.240 e. The summed E-state index contributed by atoms with van der Waals surface area (Å²) in [6.07, 6.45) is 0.311. The SMILES string of the molecule is COc1cccc(C(CNS(=O)(=O)c2ccc3c(c2)CCO3)OC)c1. The Bertz CT molecular complexity index is 850. The Hall–Kier alpha value is -2.09. The number of fused-ring (bicyclic) bond motifs is 1. The van der Waals surface area contributed by atoms with Crippen molar-refractivity contribution < 1.29 is 22.6 Å². The van der Waals surface area contributed by atoms with Crippen LogP contribution in [0.2, 0.25) is 0 Å². The summed E-state index contributed by atoms with van der Waals surface area (Å²) < 4.78 is 43.8. The van der Waals surface area contributed by atoms with Crippen molar-refractivity contribution in [2.75, 3.05) is 27.4 Å². The van der Waals surface area contributed by atoms with E-state index in [2.05, 4.69) is 4.72 Å². The minimum Gasteiger partial charge on any atom is -0.497 e. The standard InChI is InChI=1S/C18H21NO5S/c1-22-15-5-3-4-13(10-15)18(23-2)12-19-25(20,21)16-6-7-17-14(11-16)8-9-24-17/h3-7,10-11,18-19H,8-9,12H2,1-2H3. The quantitative estimate of drug-likeness (QED) is 0.817. The molecule has 2 aromatic carbocycles. The lowest BCUT2D eigenvalue weighted by Gasteiger charge is -2.17. The molecule has 3 rings (SSSR count). The van der Waals surface area contributed by atoms with Gasteiger partial charge in [-0.2, -0.15) is 0 Å². The summed E-state index contributed by atoms with van der Waals surface area (Å²) in [6.45, 7) is 0.716. The summed E-state index contributed by atoms with van der Waals surface area (Å²) in [5.41, 5.74) is 1.76. The molecule has 0 aliphatic carbocycles. The Labute approximate surface area is 147 Å². The van der Waals surface area contributed by atoms with Gasteiger partial charge >= 0.3 is 0 Å². The zero-order chi connectivity index (χ0) is 17.9. The molecule has 134 valence electrons. The average molecular weight is 363 g/mol. The summed E-state index contributed by atoms with van der Waals surface area (Å²) in [4.78, 5) is 0.234. The van der Waals surface area contributed by atoms with Gasteiger partial charge < -0.3 is 14.2 Å². The third-order valence-corrected chi connectivity index (χ3v) is 5.60. The van der Waals surface area contributed by atoms with Crippen molar-refractivity contribution in [3.05, 3.63) is 53.6 Å². The molecule has 1 atom stereocenters. The van der Waals surface area contributed by atoms with E-state index in [-0.39, 0.29) is 11.4 Å². The van der Waals surface area contributed by atoms with Crippen LogP contribution in [0.1, 0.15) is 17.2 Å². The monoisotopic (exact) mass is 363 g/mol. The first-order chi connectivity index (χ1) is 12.0. The molecule has 2 aromatic rings. The van der Waals surface area contributed by atoms with Gasteiger partial charge in [0.05, 0.1) is 24.7 Å². The Morgan fingerprint density at radius 2 is 2.04 bits per heavy atom. The molecule has 25 heavy (non-hydrogen) atoms. The van der Waals surface area contributed by atoms with Crippen LogP contribution >= 0.6 is 0 Å². The van der Waals surface area contributed by atoms with Gasteiger partial charge in [0, 0.05) is 20.1 Å². The molecule has 0 amide bonds. The van der Waals surface area contributed by atoms with Crippen LogP contribution in [0, 0.1) is 0 Å². The predicted octanol–water partition coefficient (Wildman–Crippen LogP) is 2.30. The van der Waals surface area contributed by atoms with Gasteiger partial charge in [0.15, 0.2) is 0 Å². The fraction of sp³-hybridized carbons (Fsp3) is 0.333. The number of benzene rings is 2. The van der Waals surface area contributed by atoms with E-state index in [1.807, 2.05) is 24.3 Å². The van der Waals surface area contributed by atoms with E-state index in [4.69, 9.17) is 14.2 Å². The normalized spacial score (nSPS) is 14.6. The van der Waals surface area contributed by atoms with Crippen LogP contribution in [0.5, 0.6) is 11.5 Å². The Morgan fingerprint density at radius 1 is 1.20 bits per heavy atom. The topological polar surface area (TPSA) is 73.9 Å². The molecular formula is C18H21NO5S. The zero-order valence-electron chi connectivity index (χ0n) is 14.2. The van der Waals surface area contributed by atoms with E-state index >= 15 is 0 Å². The predicted molar refractivity (Wildman–Crippen MR) is 93.6 cm³/mol. The minimum absolute atomic E-state index is 0.125. The van der Waals surface area contributed by atoms with Crippen molar-refractivity contribution in [1.29, 1.82) is 0 Å². The van der Waals surface area contributed by atoms with Crippen LogP contribution in [-0.4, -0.2) is 35.8 Å². The lowest BCUT2D eigenvalue weighted by Crippen LogP contribution is -2.29. The molecule has 7 heteroatoms. The number of hydrogen-bond acceptors (Lipinski definition) is 5. The van der Waals surface area contributed by atoms with E-state index in [9.17, 15) is 8.42 Å². The molecular weight excluding hydrogens is 342 g/mol. The summed E-state index contributed by atoms with van der Waals surface area (Å²) in [5, 5.41) is 0. The molecule has 0 fully saturated rings. The number of sulfonamides is 1. The van der Waals surface area contributed by atoms with Crippen LogP contribution in [0.3, 0.4) is 0 Å². The summed E-state index contributed by atoms with van der Waals surface area (Å²) in [6, 6.07) is 12.3. The lowest BCUT2D eigenvalue weighted by atomic mass is 10.1.